The summed E-state index contributed by atoms with van der Waals surface area (Å²) >= 11 is 0. The van der Waals surface area contributed by atoms with Gasteiger partial charge in [-0.2, -0.15) is 0 Å². The van der Waals surface area contributed by atoms with Crippen molar-refractivity contribution in [2.45, 2.75) is 91.8 Å². The third kappa shape index (κ3) is 9.30. The van der Waals surface area contributed by atoms with Gasteiger partial charge in [0, 0.05) is 50.2 Å². The van der Waals surface area contributed by atoms with Crippen LogP contribution in [0.5, 0.6) is 0 Å². The van der Waals surface area contributed by atoms with E-state index in [9.17, 15) is 19.5 Å². The van der Waals surface area contributed by atoms with Gasteiger partial charge in [0.1, 0.15) is 12.2 Å². The second kappa shape index (κ2) is 15.7. The first-order chi connectivity index (χ1) is 21.2. The van der Waals surface area contributed by atoms with Gasteiger partial charge in [-0.05, 0) is 38.5 Å². The van der Waals surface area contributed by atoms with Crippen LogP contribution in [0.25, 0.3) is 0 Å². The van der Waals surface area contributed by atoms with Crippen LogP contribution in [0.3, 0.4) is 0 Å². The van der Waals surface area contributed by atoms with Crippen LogP contribution in [0.15, 0.2) is 71.9 Å². The number of fused-ring (bicyclic) bond motifs is 3. The molecule has 0 bridgehead atoms. The van der Waals surface area contributed by atoms with E-state index in [0.717, 1.165) is 17.6 Å². The Morgan fingerprint density at radius 1 is 1.11 bits per heavy atom. The average Bonchev–Trinajstić information content (AvgIpc) is 2.97. The smallest absolute Gasteiger partial charge is 0.404 e. The molecule has 1 fully saturated rings. The Balaban J connectivity index is 2.05. The highest BCUT2D eigenvalue weighted by Gasteiger charge is 2.50. The van der Waals surface area contributed by atoms with E-state index in [1.54, 1.807) is 20.1 Å². The summed E-state index contributed by atoms with van der Waals surface area (Å²) < 4.78 is 17.3. The second-order valence-corrected chi connectivity index (χ2v) is 13.2. The summed E-state index contributed by atoms with van der Waals surface area (Å²) in [4.78, 5) is 36.4. The lowest BCUT2D eigenvalue weighted by Gasteiger charge is -2.51. The molecule has 1 heterocycles. The monoisotopic (exact) mass is 624 g/mol. The number of aliphatic hydroxyl groups excluding tert-OH is 1. The Labute approximate surface area is 268 Å². The fourth-order valence-electron chi connectivity index (χ4n) is 7.10. The number of aliphatic hydroxyl groups is 1. The fraction of sp³-hybridized carbons (Fsp3) is 0.583. The molecule has 2 amide bonds. The van der Waals surface area contributed by atoms with Crippen molar-refractivity contribution in [3.05, 3.63) is 71.9 Å². The lowest BCUT2D eigenvalue weighted by atomic mass is 9.55. The SMILES string of the molecule is CO[C@@H]1C[C@H](OC(N)=O)[C@@H]2C=C[C@@H]3/C=C(C)/C=C/[C@@H](C)[C@H]([C@H](C)[C@H](O)[C@@H](C)NC(C)=O)OC(=O)/C=C/C=C(C)\C=C\[C@]3(C)[C@@H]2C1. The van der Waals surface area contributed by atoms with Gasteiger partial charge >= 0.3 is 12.1 Å². The number of rotatable bonds is 6. The molecule has 45 heavy (non-hydrogen) atoms. The Kier molecular flexibility index (Phi) is 12.6. The number of hydrogen-bond donors (Lipinski definition) is 3. The number of amides is 2. The summed E-state index contributed by atoms with van der Waals surface area (Å²) in [6.07, 6.45) is 18.4. The Morgan fingerprint density at radius 2 is 1.82 bits per heavy atom. The molecule has 0 aromatic heterocycles. The molecule has 1 aliphatic heterocycles. The van der Waals surface area contributed by atoms with Gasteiger partial charge in [-0.1, -0.05) is 86.6 Å². The molecule has 1 saturated carbocycles. The van der Waals surface area contributed by atoms with Crippen LogP contribution in [-0.4, -0.2) is 60.6 Å². The molecular weight excluding hydrogens is 572 g/mol. The van der Waals surface area contributed by atoms with E-state index >= 15 is 0 Å². The Bertz CT molecular complexity index is 1260. The van der Waals surface area contributed by atoms with Gasteiger partial charge in [-0.25, -0.2) is 9.59 Å². The molecule has 2 aliphatic carbocycles. The van der Waals surface area contributed by atoms with Crippen molar-refractivity contribution in [1.29, 1.82) is 0 Å². The van der Waals surface area contributed by atoms with Crippen molar-refractivity contribution in [1.82, 2.24) is 5.32 Å². The zero-order valence-electron chi connectivity index (χ0n) is 27.9. The van der Waals surface area contributed by atoms with Gasteiger partial charge in [0.25, 0.3) is 0 Å². The summed E-state index contributed by atoms with van der Waals surface area (Å²) in [6, 6.07) is -0.521. The summed E-state index contributed by atoms with van der Waals surface area (Å²) in [6.45, 7) is 13.2. The third-order valence-electron chi connectivity index (χ3n) is 9.74. The van der Waals surface area contributed by atoms with Gasteiger partial charge in [0.15, 0.2) is 0 Å². The van der Waals surface area contributed by atoms with Gasteiger partial charge in [-0.3, -0.25) is 4.79 Å². The van der Waals surface area contributed by atoms with Crippen molar-refractivity contribution in [2.75, 3.05) is 7.11 Å². The number of cyclic esters (lactones) is 1. The first-order valence-corrected chi connectivity index (χ1v) is 15.9. The zero-order chi connectivity index (χ0) is 33.5. The predicted molar refractivity (Wildman–Crippen MR) is 175 cm³/mol. The normalized spacial score (nSPS) is 38.7. The van der Waals surface area contributed by atoms with E-state index in [2.05, 4.69) is 42.6 Å². The number of hydrogen-bond acceptors (Lipinski definition) is 7. The highest BCUT2D eigenvalue weighted by molar-refractivity contribution is 5.82. The number of carbonyl (C=O) groups is 3. The van der Waals surface area contributed by atoms with Crippen molar-refractivity contribution in [2.24, 2.45) is 40.7 Å². The number of nitrogens with two attached hydrogens (primary N) is 1. The van der Waals surface area contributed by atoms with Gasteiger partial charge in [-0.15, -0.1) is 0 Å². The van der Waals surface area contributed by atoms with Crippen LogP contribution < -0.4 is 11.1 Å². The minimum atomic E-state index is -0.934. The second-order valence-electron chi connectivity index (χ2n) is 13.2. The first kappa shape index (κ1) is 36.0. The quantitative estimate of drug-likeness (QED) is 0.268. The van der Waals surface area contributed by atoms with Crippen LogP contribution in [0.4, 0.5) is 4.79 Å². The van der Waals surface area contributed by atoms with E-state index in [-0.39, 0.29) is 47.2 Å². The van der Waals surface area contributed by atoms with Crippen molar-refractivity contribution >= 4 is 18.0 Å². The maximum Gasteiger partial charge on any atom is 0.404 e. The highest BCUT2D eigenvalue weighted by atomic mass is 16.6. The van der Waals surface area contributed by atoms with E-state index in [0.29, 0.717) is 6.42 Å². The van der Waals surface area contributed by atoms with Crippen LogP contribution >= 0.6 is 0 Å². The lowest BCUT2D eigenvalue weighted by Crippen LogP contribution is -2.50. The highest BCUT2D eigenvalue weighted by Crippen LogP contribution is 2.53. The maximum absolute atomic E-state index is 12.9. The molecule has 11 atom stereocenters. The standard InChI is InChI=1S/C36H52N2O7/c1-21-10-9-11-32(40)45-34(24(4)33(41)25(5)38-26(6)39)23(3)13-12-22(2)18-27-14-15-29-30(36(27,7)17-16-21)19-28(43-8)20-31(29)44-35(37)42/h9-18,23-25,27-31,33-34,41H,19-20H2,1-8H3,(H2,37,42)(H,38,39)/b11-9+,13-12+,17-16+,21-10-,22-18+/t23-,24-,25-,27-,28+,29-,30-,31+,33+,34-,36+/m1/s1. The molecular formula is C36H52N2O7. The topological polar surface area (TPSA) is 137 Å². The molecule has 9 heteroatoms. The molecule has 0 saturated heterocycles. The van der Waals surface area contributed by atoms with E-state index in [1.165, 1.54) is 13.0 Å². The van der Waals surface area contributed by atoms with Gasteiger partial charge in [0.2, 0.25) is 5.91 Å². The Hall–Kier alpha value is -3.43. The number of primary amides is 1. The molecule has 0 aromatic rings. The molecule has 0 radical (unpaired) electrons. The number of ether oxygens (including phenoxy) is 3. The third-order valence-corrected chi connectivity index (χ3v) is 9.74. The minimum absolute atomic E-state index is 0.0165. The largest absolute Gasteiger partial charge is 0.458 e. The summed E-state index contributed by atoms with van der Waals surface area (Å²) in [5.74, 6) is -1.35. The fourth-order valence-corrected chi connectivity index (χ4v) is 7.10. The van der Waals surface area contributed by atoms with Crippen molar-refractivity contribution in [3.8, 4) is 0 Å². The van der Waals surface area contributed by atoms with Crippen LogP contribution in [0.1, 0.15) is 61.3 Å². The van der Waals surface area contributed by atoms with Crippen LogP contribution in [0, 0.1) is 35.0 Å². The Morgan fingerprint density at radius 3 is 2.47 bits per heavy atom. The van der Waals surface area contributed by atoms with E-state index in [4.69, 9.17) is 19.9 Å². The zero-order valence-corrected chi connectivity index (χ0v) is 27.9. The predicted octanol–water partition coefficient (Wildman–Crippen LogP) is 5.33. The number of esters is 1. The van der Waals surface area contributed by atoms with Crippen LogP contribution in [-0.2, 0) is 23.8 Å². The summed E-state index contributed by atoms with van der Waals surface area (Å²) in [5.41, 5.74) is 7.09. The number of carbonyl (C=O) groups excluding carboxylic acids is 3. The number of nitrogens with one attached hydrogen (secondary N) is 1. The molecule has 0 unspecified atom stereocenters. The number of methoxy groups -OCH3 is 1. The maximum atomic E-state index is 12.9. The first-order valence-electron chi connectivity index (χ1n) is 15.9. The number of allylic oxidation sites excluding steroid dienone is 9. The van der Waals surface area contributed by atoms with Crippen LogP contribution in [0.2, 0.25) is 0 Å². The molecule has 3 aliphatic rings. The summed E-state index contributed by atoms with van der Waals surface area (Å²) in [7, 11) is 1.69. The molecule has 4 N–H and O–H groups in total. The average molecular weight is 625 g/mol. The van der Waals surface area contributed by atoms with E-state index < -0.39 is 36.2 Å². The van der Waals surface area contributed by atoms with Gasteiger partial charge < -0.3 is 30.4 Å². The molecule has 0 spiro atoms. The molecule has 9 nitrogen and oxygen atoms in total. The summed E-state index contributed by atoms with van der Waals surface area (Å²) in [5, 5.41) is 13.8. The lowest BCUT2D eigenvalue weighted by molar-refractivity contribution is -0.151. The minimum Gasteiger partial charge on any atom is -0.458 e. The van der Waals surface area contributed by atoms with E-state index in [1.807, 2.05) is 45.9 Å². The molecule has 0 aromatic carbocycles. The molecule has 248 valence electrons. The van der Waals surface area contributed by atoms with Crippen molar-refractivity contribution in [3.63, 3.8) is 0 Å². The van der Waals surface area contributed by atoms with Crippen molar-refractivity contribution < 1.29 is 33.7 Å². The van der Waals surface area contributed by atoms with Gasteiger partial charge in [0.05, 0.1) is 18.2 Å². The molecule has 3 rings (SSSR count).